The van der Waals surface area contributed by atoms with E-state index in [0.29, 0.717) is 0 Å². The van der Waals surface area contributed by atoms with Crippen molar-refractivity contribution in [2.24, 2.45) is 0 Å². The minimum Gasteiger partial charge on any atom is -0.455 e. The molecule has 0 radical (unpaired) electrons. The van der Waals surface area contributed by atoms with Crippen molar-refractivity contribution >= 4 is 21.9 Å². The van der Waals surface area contributed by atoms with Gasteiger partial charge in [0.1, 0.15) is 11.2 Å². The standard InChI is InChI=1S/C50H30O/c1-2-15-31(16-3-1)49-39-24-7-4-17-32(39)35-21-14-29-44(47(35)49)50(42-27-10-9-26-41(42)49)40-25-8-5-19-38(40)46-34(20-13-28-43(46)50)37-23-12-22-36-33-18-6-11-30-45(33)51-48(36)37/h1-30H. The molecule has 3 aliphatic rings. The summed E-state index contributed by atoms with van der Waals surface area (Å²) >= 11 is 0. The zero-order valence-corrected chi connectivity index (χ0v) is 27.7. The fourth-order valence-electron chi connectivity index (χ4n) is 10.5. The van der Waals surface area contributed by atoms with Crippen molar-refractivity contribution in [1.29, 1.82) is 0 Å². The van der Waals surface area contributed by atoms with Crippen LogP contribution in [0.25, 0.3) is 55.3 Å². The van der Waals surface area contributed by atoms with E-state index >= 15 is 0 Å². The van der Waals surface area contributed by atoms with Gasteiger partial charge in [-0.2, -0.15) is 0 Å². The van der Waals surface area contributed by atoms with Gasteiger partial charge < -0.3 is 4.42 Å². The first kappa shape index (κ1) is 27.4. The van der Waals surface area contributed by atoms with E-state index in [4.69, 9.17) is 4.42 Å². The van der Waals surface area contributed by atoms with Gasteiger partial charge in [-0.3, -0.25) is 0 Å². The predicted octanol–water partition coefficient (Wildman–Crippen LogP) is 12.3. The van der Waals surface area contributed by atoms with Gasteiger partial charge in [-0.1, -0.05) is 176 Å². The maximum Gasteiger partial charge on any atom is 0.143 e. The number of hydrogen-bond acceptors (Lipinski definition) is 1. The van der Waals surface area contributed by atoms with E-state index in [2.05, 4.69) is 182 Å². The molecule has 0 bridgehead atoms. The molecule has 2 unspecified atom stereocenters. The average molecular weight is 647 g/mol. The lowest BCUT2D eigenvalue weighted by Gasteiger charge is -2.48. The summed E-state index contributed by atoms with van der Waals surface area (Å²) in [4.78, 5) is 0. The van der Waals surface area contributed by atoms with Crippen LogP contribution in [0.3, 0.4) is 0 Å². The Balaban J connectivity index is 1.26. The van der Waals surface area contributed by atoms with Gasteiger partial charge in [0.25, 0.3) is 0 Å². The molecule has 1 nitrogen and oxygen atoms in total. The largest absolute Gasteiger partial charge is 0.455 e. The summed E-state index contributed by atoms with van der Waals surface area (Å²) in [5.41, 5.74) is 19.2. The molecule has 236 valence electrons. The lowest BCUT2D eigenvalue weighted by atomic mass is 9.52. The molecular formula is C50H30O. The van der Waals surface area contributed by atoms with Gasteiger partial charge in [0.15, 0.2) is 0 Å². The molecule has 0 saturated carbocycles. The third kappa shape index (κ3) is 3.11. The maximum absolute atomic E-state index is 6.67. The second-order valence-corrected chi connectivity index (χ2v) is 14.2. The number of rotatable bonds is 2. The van der Waals surface area contributed by atoms with E-state index < -0.39 is 10.8 Å². The summed E-state index contributed by atoms with van der Waals surface area (Å²) in [7, 11) is 0. The van der Waals surface area contributed by atoms with Gasteiger partial charge in [0, 0.05) is 16.3 Å². The zero-order valence-electron chi connectivity index (χ0n) is 27.7. The summed E-state index contributed by atoms with van der Waals surface area (Å²) in [6.07, 6.45) is 0. The first-order valence-corrected chi connectivity index (χ1v) is 17.9. The highest BCUT2D eigenvalue weighted by Gasteiger charge is 2.59. The molecule has 0 amide bonds. The summed E-state index contributed by atoms with van der Waals surface area (Å²) in [5.74, 6) is 0. The highest BCUT2D eigenvalue weighted by Crippen LogP contribution is 2.69. The molecular weight excluding hydrogens is 617 g/mol. The van der Waals surface area contributed by atoms with Crippen LogP contribution in [-0.4, -0.2) is 0 Å². The molecule has 1 heterocycles. The van der Waals surface area contributed by atoms with E-state index in [-0.39, 0.29) is 0 Å². The Bertz CT molecular complexity index is 2930. The second kappa shape index (κ2) is 9.62. The van der Waals surface area contributed by atoms with Crippen molar-refractivity contribution in [2.75, 3.05) is 0 Å². The summed E-state index contributed by atoms with van der Waals surface area (Å²) in [6.45, 7) is 0. The van der Waals surface area contributed by atoms with Gasteiger partial charge in [-0.25, -0.2) is 0 Å². The Hall–Kier alpha value is -6.44. The van der Waals surface area contributed by atoms with Gasteiger partial charge in [0.05, 0.1) is 10.8 Å². The number of para-hydroxylation sites is 2. The Labute approximate surface area is 296 Å². The van der Waals surface area contributed by atoms with E-state index in [1.807, 2.05) is 0 Å². The summed E-state index contributed by atoms with van der Waals surface area (Å²) in [6, 6.07) is 67.8. The van der Waals surface area contributed by atoms with Gasteiger partial charge in [-0.15, -0.1) is 0 Å². The Morgan fingerprint density at radius 1 is 0.314 bits per heavy atom. The first-order chi connectivity index (χ1) is 25.3. The molecule has 9 aromatic rings. The van der Waals surface area contributed by atoms with Crippen LogP contribution in [-0.2, 0) is 10.8 Å². The van der Waals surface area contributed by atoms with Crippen LogP contribution in [0.15, 0.2) is 186 Å². The fraction of sp³-hybridized carbons (Fsp3) is 0.0400. The van der Waals surface area contributed by atoms with Crippen LogP contribution in [0.4, 0.5) is 0 Å². The average Bonchev–Trinajstić information content (AvgIpc) is 3.84. The normalized spacial score (nSPS) is 18.7. The van der Waals surface area contributed by atoms with Gasteiger partial charge >= 0.3 is 0 Å². The van der Waals surface area contributed by atoms with Crippen LogP contribution in [0.2, 0.25) is 0 Å². The Morgan fingerprint density at radius 2 is 0.843 bits per heavy atom. The molecule has 1 aromatic heterocycles. The molecule has 1 heteroatoms. The smallest absolute Gasteiger partial charge is 0.143 e. The van der Waals surface area contributed by atoms with Crippen LogP contribution in [0.1, 0.15) is 44.5 Å². The van der Waals surface area contributed by atoms with Gasteiger partial charge in [0.2, 0.25) is 0 Å². The zero-order chi connectivity index (χ0) is 33.3. The van der Waals surface area contributed by atoms with E-state index in [1.165, 1.54) is 72.3 Å². The molecule has 51 heavy (non-hydrogen) atoms. The topological polar surface area (TPSA) is 13.1 Å². The van der Waals surface area contributed by atoms with Crippen molar-refractivity contribution in [3.05, 3.63) is 226 Å². The Morgan fingerprint density at radius 3 is 1.67 bits per heavy atom. The quantitative estimate of drug-likeness (QED) is 0.182. The molecule has 0 saturated heterocycles. The van der Waals surface area contributed by atoms with Gasteiger partial charge in [-0.05, 0) is 78.4 Å². The molecule has 0 fully saturated rings. The maximum atomic E-state index is 6.67. The summed E-state index contributed by atoms with van der Waals surface area (Å²) in [5, 5.41) is 2.30. The third-order valence-electron chi connectivity index (χ3n) is 12.2. The SMILES string of the molecule is c1ccc(C23c4ccccc4-c4cccc(c42)C2(c4ccccc4-c4c(-c5cccc6c5oc5ccccc56)cccc42)c2ccccc23)cc1. The van der Waals surface area contributed by atoms with E-state index in [9.17, 15) is 0 Å². The van der Waals surface area contributed by atoms with Crippen molar-refractivity contribution < 1.29 is 4.42 Å². The molecule has 8 aromatic carbocycles. The van der Waals surface area contributed by atoms with Crippen LogP contribution in [0.5, 0.6) is 0 Å². The van der Waals surface area contributed by atoms with E-state index in [0.717, 1.165) is 27.5 Å². The number of furan rings is 1. The lowest BCUT2D eigenvalue weighted by Crippen LogP contribution is -2.43. The highest BCUT2D eigenvalue weighted by molar-refractivity contribution is 6.11. The molecule has 0 aliphatic heterocycles. The van der Waals surface area contributed by atoms with Crippen LogP contribution < -0.4 is 0 Å². The monoisotopic (exact) mass is 646 g/mol. The molecule has 12 rings (SSSR count). The molecule has 0 N–H and O–H groups in total. The first-order valence-electron chi connectivity index (χ1n) is 17.9. The van der Waals surface area contributed by atoms with Crippen molar-refractivity contribution in [3.8, 4) is 33.4 Å². The lowest BCUT2D eigenvalue weighted by molar-refractivity contribution is 0.636. The van der Waals surface area contributed by atoms with Crippen LogP contribution in [0, 0.1) is 0 Å². The number of benzene rings is 8. The highest BCUT2D eigenvalue weighted by atomic mass is 16.3. The third-order valence-corrected chi connectivity index (χ3v) is 12.2. The molecule has 1 spiro atoms. The molecule has 3 aliphatic carbocycles. The minimum atomic E-state index is -0.522. The van der Waals surface area contributed by atoms with E-state index in [1.54, 1.807) is 0 Å². The second-order valence-electron chi connectivity index (χ2n) is 14.2. The predicted molar refractivity (Wildman–Crippen MR) is 207 cm³/mol. The van der Waals surface area contributed by atoms with Crippen molar-refractivity contribution in [1.82, 2.24) is 0 Å². The number of hydrogen-bond donors (Lipinski definition) is 0. The Kier molecular flexibility index (Phi) is 5.17. The molecule has 2 atom stereocenters. The van der Waals surface area contributed by atoms with Crippen molar-refractivity contribution in [2.45, 2.75) is 10.8 Å². The fourth-order valence-corrected chi connectivity index (χ4v) is 10.5. The summed E-state index contributed by atoms with van der Waals surface area (Å²) < 4.78 is 6.67. The van der Waals surface area contributed by atoms with Crippen LogP contribution >= 0.6 is 0 Å². The van der Waals surface area contributed by atoms with Crippen molar-refractivity contribution in [3.63, 3.8) is 0 Å². The minimum absolute atomic E-state index is 0.444. The number of fused-ring (bicyclic) bond motifs is 15.